The molecule has 0 bridgehead atoms. The molecule has 1 fully saturated rings. The molecule has 8 heteroatoms. The van der Waals surface area contributed by atoms with Gasteiger partial charge in [0.25, 0.3) is 0 Å². The highest BCUT2D eigenvalue weighted by atomic mass is 19.4. The zero-order valence-electron chi connectivity index (χ0n) is 17.5. The number of nitrogens with one attached hydrogen (secondary N) is 1. The van der Waals surface area contributed by atoms with E-state index in [1.807, 2.05) is 0 Å². The third-order valence-corrected chi connectivity index (χ3v) is 5.00. The molecule has 2 aromatic rings. The molecule has 0 amide bonds. The van der Waals surface area contributed by atoms with Gasteiger partial charge in [-0.3, -0.25) is 0 Å². The first-order valence-electron chi connectivity index (χ1n) is 9.86. The fourth-order valence-electron chi connectivity index (χ4n) is 3.34. The van der Waals surface area contributed by atoms with Crippen LogP contribution in [0.2, 0.25) is 0 Å². The number of likely N-dealkylation sites (tertiary alicyclic amines) is 1. The number of piperidine rings is 1. The molecular formula is C21H30F3N5. The average molecular weight is 410 g/mol. The lowest BCUT2D eigenvalue weighted by Crippen LogP contribution is -2.35. The molecule has 2 heterocycles. The molecule has 3 rings (SSSR count). The van der Waals surface area contributed by atoms with Crippen molar-refractivity contribution >= 4 is 11.5 Å². The van der Waals surface area contributed by atoms with Crippen LogP contribution in [0, 0.1) is 6.92 Å². The van der Waals surface area contributed by atoms with Crippen molar-refractivity contribution in [1.82, 2.24) is 15.1 Å². The number of hydrogen-bond donors (Lipinski definition) is 2. The van der Waals surface area contributed by atoms with Crippen LogP contribution in [0.3, 0.4) is 0 Å². The molecule has 0 radical (unpaired) electrons. The number of alkyl halides is 3. The van der Waals surface area contributed by atoms with E-state index in [1.165, 1.54) is 38.4 Å². The highest BCUT2D eigenvalue weighted by Crippen LogP contribution is 2.36. The Morgan fingerprint density at radius 1 is 1.07 bits per heavy atom. The van der Waals surface area contributed by atoms with Crippen LogP contribution in [-0.2, 0) is 6.18 Å². The normalized spacial score (nSPS) is 15.0. The number of hydrogen-bond acceptors (Lipinski definition) is 5. The van der Waals surface area contributed by atoms with Gasteiger partial charge in [-0.05, 0) is 70.5 Å². The van der Waals surface area contributed by atoms with Gasteiger partial charge in [-0.25, -0.2) is 0 Å². The molecule has 1 aliphatic rings. The van der Waals surface area contributed by atoms with Crippen LogP contribution in [0.1, 0.15) is 44.2 Å². The molecule has 0 aliphatic carbocycles. The van der Waals surface area contributed by atoms with Crippen LogP contribution in [-0.4, -0.2) is 41.3 Å². The van der Waals surface area contributed by atoms with E-state index in [1.54, 1.807) is 20.0 Å². The Bertz CT molecular complexity index is 799. The van der Waals surface area contributed by atoms with Crippen molar-refractivity contribution in [3.63, 3.8) is 0 Å². The zero-order valence-corrected chi connectivity index (χ0v) is 17.5. The van der Waals surface area contributed by atoms with Crippen molar-refractivity contribution in [1.29, 1.82) is 0 Å². The van der Waals surface area contributed by atoms with Gasteiger partial charge >= 0.3 is 6.18 Å². The lowest BCUT2D eigenvalue weighted by atomic mass is 10.0. The summed E-state index contributed by atoms with van der Waals surface area (Å²) in [6, 6.07) is 5.84. The fraction of sp³-hybridized carbons (Fsp3) is 0.524. The second-order valence-corrected chi connectivity index (χ2v) is 7.50. The Labute approximate surface area is 170 Å². The number of halogens is 3. The largest absolute Gasteiger partial charge is 0.416 e. The molecule has 1 aromatic heterocycles. The summed E-state index contributed by atoms with van der Waals surface area (Å²) in [6.07, 6.45) is -0.106. The first-order chi connectivity index (χ1) is 13.6. The summed E-state index contributed by atoms with van der Waals surface area (Å²) in [7, 11) is 1.55. The first kappa shape index (κ1) is 22.9. The standard InChI is InChI=1S/C13H13F3N4.C8H17N/c1-7-5-11(17)19-20-12(7)9-4-3-8(13(14,15)16)6-10(9)18-2;1-8(2)9-6-4-3-5-7-9/h3-6,18H,1-2H3,(H2,17,19);8H,3-7H2,1-2H3. The Balaban J connectivity index is 0.000000278. The molecule has 160 valence electrons. The summed E-state index contributed by atoms with van der Waals surface area (Å²) in [5.41, 5.74) is 6.93. The molecule has 29 heavy (non-hydrogen) atoms. The minimum atomic E-state index is -4.38. The summed E-state index contributed by atoms with van der Waals surface area (Å²) < 4.78 is 38.1. The van der Waals surface area contributed by atoms with Crippen molar-refractivity contribution in [2.75, 3.05) is 31.2 Å². The maximum Gasteiger partial charge on any atom is 0.416 e. The van der Waals surface area contributed by atoms with Crippen molar-refractivity contribution in [3.05, 3.63) is 35.4 Å². The quantitative estimate of drug-likeness (QED) is 0.749. The first-order valence-corrected chi connectivity index (χ1v) is 9.86. The lowest BCUT2D eigenvalue weighted by Gasteiger charge is -2.29. The Kier molecular flexibility index (Phi) is 7.84. The highest BCUT2D eigenvalue weighted by molar-refractivity contribution is 5.78. The SMILES string of the molecule is CC(C)N1CCCCC1.CNc1cc(C(F)(F)F)ccc1-c1nnc(N)cc1C. The van der Waals surface area contributed by atoms with Crippen LogP contribution in [0.25, 0.3) is 11.3 Å². The monoisotopic (exact) mass is 409 g/mol. The third kappa shape index (κ3) is 6.32. The molecule has 0 unspecified atom stereocenters. The molecule has 0 atom stereocenters. The van der Waals surface area contributed by atoms with Crippen molar-refractivity contribution in [3.8, 4) is 11.3 Å². The van der Waals surface area contributed by atoms with Crippen LogP contribution in [0.4, 0.5) is 24.7 Å². The maximum atomic E-state index is 12.7. The van der Waals surface area contributed by atoms with Crippen molar-refractivity contribution in [2.24, 2.45) is 0 Å². The highest BCUT2D eigenvalue weighted by Gasteiger charge is 2.31. The van der Waals surface area contributed by atoms with Gasteiger partial charge in [-0.1, -0.05) is 12.5 Å². The van der Waals surface area contributed by atoms with E-state index in [0.717, 1.165) is 23.7 Å². The predicted molar refractivity (Wildman–Crippen MR) is 112 cm³/mol. The summed E-state index contributed by atoms with van der Waals surface area (Å²) in [4.78, 5) is 2.56. The van der Waals surface area contributed by atoms with Gasteiger partial charge in [0.15, 0.2) is 0 Å². The van der Waals surface area contributed by atoms with E-state index >= 15 is 0 Å². The van der Waals surface area contributed by atoms with Crippen molar-refractivity contribution in [2.45, 2.75) is 52.3 Å². The van der Waals surface area contributed by atoms with Gasteiger partial charge < -0.3 is 16.0 Å². The minimum Gasteiger partial charge on any atom is -0.388 e. The van der Waals surface area contributed by atoms with Gasteiger partial charge in [0.2, 0.25) is 0 Å². The molecule has 1 saturated heterocycles. The molecular weight excluding hydrogens is 379 g/mol. The van der Waals surface area contributed by atoms with E-state index in [-0.39, 0.29) is 5.82 Å². The number of rotatable bonds is 3. The number of nitrogens with two attached hydrogens (primary N) is 1. The Morgan fingerprint density at radius 2 is 1.72 bits per heavy atom. The van der Waals surface area contributed by atoms with E-state index < -0.39 is 11.7 Å². The Hall–Kier alpha value is -2.35. The maximum absolute atomic E-state index is 12.7. The minimum absolute atomic E-state index is 0.268. The van der Waals surface area contributed by atoms with E-state index in [0.29, 0.717) is 16.9 Å². The topological polar surface area (TPSA) is 67.1 Å². The van der Waals surface area contributed by atoms with Gasteiger partial charge in [-0.15, -0.1) is 10.2 Å². The van der Waals surface area contributed by atoms with Crippen LogP contribution in [0.5, 0.6) is 0 Å². The zero-order chi connectivity index (χ0) is 21.6. The molecule has 5 nitrogen and oxygen atoms in total. The summed E-state index contributed by atoms with van der Waals surface area (Å²) in [5, 5.41) is 10.4. The second-order valence-electron chi connectivity index (χ2n) is 7.50. The average Bonchev–Trinajstić information content (AvgIpc) is 2.68. The Morgan fingerprint density at radius 3 is 2.21 bits per heavy atom. The molecule has 0 spiro atoms. The molecule has 1 aromatic carbocycles. The van der Waals surface area contributed by atoms with Gasteiger partial charge in [0, 0.05) is 24.3 Å². The molecule has 3 N–H and O–H groups in total. The fourth-order valence-corrected chi connectivity index (χ4v) is 3.34. The van der Waals surface area contributed by atoms with Gasteiger partial charge in [0.1, 0.15) is 5.82 Å². The number of benzene rings is 1. The van der Waals surface area contributed by atoms with Crippen molar-refractivity contribution < 1.29 is 13.2 Å². The number of aryl methyl sites for hydroxylation is 1. The lowest BCUT2D eigenvalue weighted by molar-refractivity contribution is -0.137. The van der Waals surface area contributed by atoms with E-state index in [2.05, 4.69) is 34.3 Å². The van der Waals surface area contributed by atoms with Gasteiger partial charge in [0.05, 0.1) is 11.3 Å². The summed E-state index contributed by atoms with van der Waals surface area (Å²) in [5.74, 6) is 0.268. The number of nitrogen functional groups attached to an aromatic ring is 1. The number of aromatic nitrogens is 2. The number of anilines is 2. The third-order valence-electron chi connectivity index (χ3n) is 5.00. The van der Waals surface area contributed by atoms with Crippen LogP contribution < -0.4 is 11.1 Å². The van der Waals surface area contributed by atoms with Crippen LogP contribution >= 0.6 is 0 Å². The molecule has 0 saturated carbocycles. The van der Waals surface area contributed by atoms with Crippen LogP contribution in [0.15, 0.2) is 24.3 Å². The number of nitrogens with zero attached hydrogens (tertiary/aromatic N) is 3. The molecule has 1 aliphatic heterocycles. The summed E-state index contributed by atoms with van der Waals surface area (Å²) in [6.45, 7) is 9.00. The van der Waals surface area contributed by atoms with E-state index in [9.17, 15) is 13.2 Å². The smallest absolute Gasteiger partial charge is 0.388 e. The van der Waals surface area contributed by atoms with Gasteiger partial charge in [-0.2, -0.15) is 13.2 Å². The van der Waals surface area contributed by atoms with E-state index in [4.69, 9.17) is 5.73 Å². The summed E-state index contributed by atoms with van der Waals surface area (Å²) >= 11 is 0. The second kappa shape index (κ2) is 9.91. The predicted octanol–water partition coefficient (Wildman–Crippen LogP) is 4.98.